The number of nitrogens with zero attached hydrogens (tertiary/aromatic N) is 3. The highest BCUT2D eigenvalue weighted by Crippen LogP contribution is 2.20. The minimum Gasteiger partial charge on any atom is -0.480 e. The van der Waals surface area contributed by atoms with Crippen LogP contribution in [0.1, 0.15) is 24.3 Å². The summed E-state index contributed by atoms with van der Waals surface area (Å²) in [6, 6.07) is 1.12. The number of carboxylic acids is 1. The van der Waals surface area contributed by atoms with E-state index in [1.165, 1.54) is 38.7 Å². The molecular weight excluding hydrogens is 254 g/mol. The van der Waals surface area contributed by atoms with Crippen LogP contribution in [0.15, 0.2) is 12.3 Å². The molecule has 0 atom stereocenters. The maximum Gasteiger partial charge on any atom is 0.329 e. The molecule has 0 aliphatic rings. The number of carbonyl (C=O) groups is 2. The van der Waals surface area contributed by atoms with Gasteiger partial charge in [0.2, 0.25) is 0 Å². The van der Waals surface area contributed by atoms with Crippen molar-refractivity contribution in [1.29, 1.82) is 0 Å². The summed E-state index contributed by atoms with van der Waals surface area (Å²) in [4.78, 5) is 34.3. The number of aromatic nitrogens is 1. The van der Waals surface area contributed by atoms with Crippen molar-refractivity contribution in [1.82, 2.24) is 9.47 Å². The van der Waals surface area contributed by atoms with Gasteiger partial charge in [-0.3, -0.25) is 14.9 Å². The molecule has 1 amide bonds. The number of nitro groups is 1. The molecule has 0 aliphatic carbocycles. The van der Waals surface area contributed by atoms with Crippen LogP contribution < -0.4 is 0 Å². The maximum atomic E-state index is 12.2. The van der Waals surface area contributed by atoms with Crippen molar-refractivity contribution in [3.05, 3.63) is 28.1 Å². The normalized spacial score (nSPS) is 11.2. The standard InChI is InChI=1S/C11H15N3O5/c1-11(2,10(16)17)13(4)9(15)8-5-7(14(18)19)6-12(8)3/h5-6H,1-4H3,(H,16,17). The zero-order chi connectivity index (χ0) is 15.0. The molecule has 0 aromatic carbocycles. The molecule has 0 unspecified atom stereocenters. The Kier molecular flexibility index (Phi) is 3.64. The van der Waals surface area contributed by atoms with E-state index in [-0.39, 0.29) is 11.4 Å². The lowest BCUT2D eigenvalue weighted by molar-refractivity contribution is -0.384. The van der Waals surface area contributed by atoms with Gasteiger partial charge in [0.25, 0.3) is 11.6 Å². The molecule has 0 aliphatic heterocycles. The number of likely N-dealkylation sites (N-methyl/N-ethyl adjacent to an activating group) is 1. The summed E-state index contributed by atoms with van der Waals surface area (Å²) in [7, 11) is 2.83. The van der Waals surface area contributed by atoms with Crippen LogP contribution in [0, 0.1) is 10.1 Å². The molecular formula is C11H15N3O5. The monoisotopic (exact) mass is 269 g/mol. The van der Waals surface area contributed by atoms with Crippen LogP contribution in [0.2, 0.25) is 0 Å². The topological polar surface area (TPSA) is 106 Å². The van der Waals surface area contributed by atoms with Gasteiger partial charge < -0.3 is 14.6 Å². The van der Waals surface area contributed by atoms with Gasteiger partial charge in [0.1, 0.15) is 11.2 Å². The predicted molar refractivity (Wildman–Crippen MR) is 65.9 cm³/mol. The van der Waals surface area contributed by atoms with Crippen molar-refractivity contribution in [2.45, 2.75) is 19.4 Å². The highest BCUT2D eigenvalue weighted by molar-refractivity contribution is 5.96. The molecule has 1 rings (SSSR count). The van der Waals surface area contributed by atoms with E-state index in [2.05, 4.69) is 0 Å². The van der Waals surface area contributed by atoms with Crippen LogP contribution >= 0.6 is 0 Å². The molecule has 0 saturated heterocycles. The van der Waals surface area contributed by atoms with Crippen LogP contribution in [-0.4, -0.2) is 44.0 Å². The lowest BCUT2D eigenvalue weighted by Gasteiger charge is -2.31. The van der Waals surface area contributed by atoms with Gasteiger partial charge >= 0.3 is 5.97 Å². The lowest BCUT2D eigenvalue weighted by Crippen LogP contribution is -2.51. The summed E-state index contributed by atoms with van der Waals surface area (Å²) in [5, 5.41) is 19.7. The zero-order valence-electron chi connectivity index (χ0n) is 11.1. The summed E-state index contributed by atoms with van der Waals surface area (Å²) in [6.07, 6.45) is 1.20. The van der Waals surface area contributed by atoms with E-state index in [4.69, 9.17) is 5.11 Å². The number of aryl methyl sites for hydroxylation is 1. The molecule has 0 bridgehead atoms. The molecule has 1 aromatic heterocycles. The van der Waals surface area contributed by atoms with E-state index >= 15 is 0 Å². The van der Waals surface area contributed by atoms with E-state index in [9.17, 15) is 19.7 Å². The van der Waals surface area contributed by atoms with Gasteiger partial charge in [0, 0.05) is 20.2 Å². The maximum absolute atomic E-state index is 12.2. The number of rotatable bonds is 4. The van der Waals surface area contributed by atoms with Gasteiger partial charge in [-0.25, -0.2) is 4.79 Å². The highest BCUT2D eigenvalue weighted by atomic mass is 16.6. The van der Waals surface area contributed by atoms with Crippen LogP contribution in [0.5, 0.6) is 0 Å². The molecule has 0 radical (unpaired) electrons. The third-order valence-electron chi connectivity index (χ3n) is 3.09. The SMILES string of the molecule is CN(C(=O)c1cc([N+](=O)[O-])cn1C)C(C)(C)C(=O)O. The Morgan fingerprint density at radius 3 is 2.37 bits per heavy atom. The Bertz CT molecular complexity index is 547. The van der Waals surface area contributed by atoms with Crippen molar-refractivity contribution >= 4 is 17.6 Å². The molecule has 0 fully saturated rings. The van der Waals surface area contributed by atoms with Crippen molar-refractivity contribution in [3.63, 3.8) is 0 Å². The minimum absolute atomic E-state index is 0.0588. The quantitative estimate of drug-likeness (QED) is 0.644. The smallest absolute Gasteiger partial charge is 0.329 e. The summed E-state index contributed by atoms with van der Waals surface area (Å²) in [5.74, 6) is -1.75. The summed E-state index contributed by atoms with van der Waals surface area (Å²) >= 11 is 0. The minimum atomic E-state index is -1.41. The second-order valence-electron chi connectivity index (χ2n) is 4.68. The Morgan fingerprint density at radius 1 is 1.47 bits per heavy atom. The zero-order valence-corrected chi connectivity index (χ0v) is 11.1. The van der Waals surface area contributed by atoms with E-state index in [0.29, 0.717) is 0 Å². The van der Waals surface area contributed by atoms with Crippen molar-refractivity contribution < 1.29 is 19.6 Å². The fourth-order valence-corrected chi connectivity index (χ4v) is 1.43. The predicted octanol–water partition coefficient (Wildman–Crippen LogP) is 0.869. The van der Waals surface area contributed by atoms with E-state index in [1.54, 1.807) is 0 Å². The Balaban J connectivity index is 3.14. The number of amides is 1. The van der Waals surface area contributed by atoms with Crippen LogP contribution in [0.3, 0.4) is 0 Å². The van der Waals surface area contributed by atoms with E-state index in [0.717, 1.165) is 11.0 Å². The van der Waals surface area contributed by atoms with Gasteiger partial charge in [-0.1, -0.05) is 0 Å². The first kappa shape index (κ1) is 14.7. The first-order chi connectivity index (χ1) is 8.59. The molecule has 8 nitrogen and oxygen atoms in total. The van der Waals surface area contributed by atoms with Crippen LogP contribution in [-0.2, 0) is 11.8 Å². The first-order valence-electron chi connectivity index (χ1n) is 5.41. The van der Waals surface area contributed by atoms with Gasteiger partial charge in [-0.05, 0) is 13.8 Å². The molecule has 0 spiro atoms. The summed E-state index contributed by atoms with van der Waals surface area (Å²) in [6.45, 7) is 2.76. The number of hydrogen-bond donors (Lipinski definition) is 1. The molecule has 8 heteroatoms. The third-order valence-corrected chi connectivity index (χ3v) is 3.09. The highest BCUT2D eigenvalue weighted by Gasteiger charge is 2.36. The third kappa shape index (κ3) is 2.56. The van der Waals surface area contributed by atoms with Gasteiger partial charge in [-0.15, -0.1) is 0 Å². The van der Waals surface area contributed by atoms with Crippen LogP contribution in [0.4, 0.5) is 5.69 Å². The summed E-state index contributed by atoms with van der Waals surface area (Å²) in [5.41, 5.74) is -1.56. The Hall–Kier alpha value is -2.38. The van der Waals surface area contributed by atoms with Gasteiger partial charge in [0.15, 0.2) is 0 Å². The van der Waals surface area contributed by atoms with Crippen molar-refractivity contribution in [3.8, 4) is 0 Å². The fraction of sp³-hybridized carbons (Fsp3) is 0.455. The second-order valence-corrected chi connectivity index (χ2v) is 4.68. The van der Waals surface area contributed by atoms with Gasteiger partial charge in [0.05, 0.1) is 11.1 Å². The average molecular weight is 269 g/mol. The molecule has 1 N–H and O–H groups in total. The van der Waals surface area contributed by atoms with E-state index < -0.39 is 22.3 Å². The van der Waals surface area contributed by atoms with Crippen LogP contribution in [0.25, 0.3) is 0 Å². The largest absolute Gasteiger partial charge is 0.480 e. The lowest BCUT2D eigenvalue weighted by atomic mass is 10.0. The number of carboxylic acid groups (broad SMARTS) is 1. The average Bonchev–Trinajstić information content (AvgIpc) is 2.69. The van der Waals surface area contributed by atoms with Gasteiger partial charge in [-0.2, -0.15) is 0 Å². The number of carbonyl (C=O) groups excluding carboxylic acids is 1. The Morgan fingerprint density at radius 2 is 2.00 bits per heavy atom. The second kappa shape index (κ2) is 4.71. The first-order valence-corrected chi connectivity index (χ1v) is 5.41. The van der Waals surface area contributed by atoms with E-state index in [1.807, 2.05) is 0 Å². The molecule has 1 heterocycles. The number of aliphatic carboxylic acids is 1. The van der Waals surface area contributed by atoms with Crippen molar-refractivity contribution in [2.24, 2.45) is 7.05 Å². The number of hydrogen-bond acceptors (Lipinski definition) is 4. The summed E-state index contributed by atoms with van der Waals surface area (Å²) < 4.78 is 1.30. The molecule has 1 aromatic rings. The fourth-order valence-electron chi connectivity index (χ4n) is 1.43. The molecule has 19 heavy (non-hydrogen) atoms. The Labute approximate surface area is 109 Å². The van der Waals surface area contributed by atoms with Crippen molar-refractivity contribution in [2.75, 3.05) is 7.05 Å². The molecule has 0 saturated carbocycles. The molecule has 104 valence electrons.